The Bertz CT molecular complexity index is 296. The molecule has 1 rings (SSSR count). The van der Waals surface area contributed by atoms with Gasteiger partial charge in [0.05, 0.1) is 11.7 Å². The first-order valence-electron chi connectivity index (χ1n) is 4.85. The van der Waals surface area contributed by atoms with E-state index in [4.69, 9.17) is 10.6 Å². The Labute approximate surface area is 88.6 Å². The van der Waals surface area contributed by atoms with E-state index in [2.05, 4.69) is 10.4 Å². The predicted molar refractivity (Wildman–Crippen MR) is 55.4 cm³/mol. The number of hydrogen-bond donors (Lipinski definition) is 2. The van der Waals surface area contributed by atoms with Crippen molar-refractivity contribution in [1.82, 2.24) is 10.4 Å². The standard InChI is InChI=1S/C10H16FN3O/c1-15-7-3-5-9(14-12)10-8(11)4-2-6-13-10/h2,4,6,9,14H,3,5,7,12H2,1H3. The van der Waals surface area contributed by atoms with E-state index in [1.807, 2.05) is 0 Å². The van der Waals surface area contributed by atoms with Gasteiger partial charge in [0, 0.05) is 19.9 Å². The molecule has 0 aliphatic heterocycles. The fourth-order valence-corrected chi connectivity index (χ4v) is 1.39. The van der Waals surface area contributed by atoms with Crippen molar-refractivity contribution in [3.63, 3.8) is 0 Å². The fraction of sp³-hybridized carbons (Fsp3) is 0.500. The number of halogens is 1. The molecular weight excluding hydrogens is 197 g/mol. The third kappa shape index (κ3) is 3.54. The molecule has 5 heteroatoms. The summed E-state index contributed by atoms with van der Waals surface area (Å²) in [6, 6.07) is 2.67. The molecule has 0 aromatic carbocycles. The largest absolute Gasteiger partial charge is 0.385 e. The highest BCUT2D eigenvalue weighted by Gasteiger charge is 2.14. The molecule has 4 nitrogen and oxygen atoms in total. The Morgan fingerprint density at radius 2 is 2.47 bits per heavy atom. The van der Waals surface area contributed by atoms with Crippen LogP contribution in [0.2, 0.25) is 0 Å². The second-order valence-electron chi connectivity index (χ2n) is 3.22. The van der Waals surface area contributed by atoms with Gasteiger partial charge in [0.15, 0.2) is 0 Å². The maximum Gasteiger partial charge on any atom is 0.146 e. The van der Waals surface area contributed by atoms with Gasteiger partial charge < -0.3 is 4.74 Å². The fourth-order valence-electron chi connectivity index (χ4n) is 1.39. The second-order valence-corrected chi connectivity index (χ2v) is 3.22. The number of pyridine rings is 1. The molecule has 0 bridgehead atoms. The van der Waals surface area contributed by atoms with Crippen LogP contribution in [0.4, 0.5) is 4.39 Å². The summed E-state index contributed by atoms with van der Waals surface area (Å²) < 4.78 is 18.3. The third-order valence-corrected chi connectivity index (χ3v) is 2.16. The summed E-state index contributed by atoms with van der Waals surface area (Å²) in [6.07, 6.45) is 3.05. The van der Waals surface area contributed by atoms with Gasteiger partial charge in [-0.2, -0.15) is 0 Å². The lowest BCUT2D eigenvalue weighted by molar-refractivity contribution is 0.188. The van der Waals surface area contributed by atoms with Gasteiger partial charge in [0.1, 0.15) is 5.82 Å². The number of nitrogens with zero attached hydrogens (tertiary/aromatic N) is 1. The Hall–Kier alpha value is -1.04. The number of ether oxygens (including phenoxy) is 1. The minimum Gasteiger partial charge on any atom is -0.385 e. The van der Waals surface area contributed by atoms with Crippen LogP contribution in [-0.2, 0) is 4.74 Å². The van der Waals surface area contributed by atoms with Crippen molar-refractivity contribution in [2.45, 2.75) is 18.9 Å². The van der Waals surface area contributed by atoms with Crippen LogP contribution in [-0.4, -0.2) is 18.7 Å². The van der Waals surface area contributed by atoms with Crippen LogP contribution in [0.3, 0.4) is 0 Å². The van der Waals surface area contributed by atoms with Crippen molar-refractivity contribution < 1.29 is 9.13 Å². The number of rotatable bonds is 6. The number of hydrogen-bond acceptors (Lipinski definition) is 4. The SMILES string of the molecule is COCCCC(NN)c1ncccc1F. The first kappa shape index (κ1) is 12.0. The molecule has 0 radical (unpaired) electrons. The normalized spacial score (nSPS) is 12.7. The van der Waals surface area contributed by atoms with Gasteiger partial charge in [0.2, 0.25) is 0 Å². The zero-order valence-corrected chi connectivity index (χ0v) is 8.74. The van der Waals surface area contributed by atoms with Gasteiger partial charge in [-0.1, -0.05) is 0 Å². The molecule has 1 heterocycles. The molecule has 0 saturated heterocycles. The molecular formula is C10H16FN3O. The van der Waals surface area contributed by atoms with Crippen LogP contribution in [0.15, 0.2) is 18.3 Å². The van der Waals surface area contributed by atoms with Crippen molar-refractivity contribution in [2.75, 3.05) is 13.7 Å². The molecule has 3 N–H and O–H groups in total. The average Bonchev–Trinajstić information content (AvgIpc) is 2.26. The molecule has 0 aliphatic carbocycles. The maximum absolute atomic E-state index is 13.3. The van der Waals surface area contributed by atoms with Crippen LogP contribution in [0, 0.1) is 5.82 Å². The molecule has 1 aromatic heterocycles. The number of methoxy groups -OCH3 is 1. The molecule has 0 spiro atoms. The number of aromatic nitrogens is 1. The number of hydrazine groups is 1. The highest BCUT2D eigenvalue weighted by molar-refractivity contribution is 5.11. The molecule has 0 saturated carbocycles. The lowest BCUT2D eigenvalue weighted by atomic mass is 10.1. The summed E-state index contributed by atoms with van der Waals surface area (Å²) in [5.74, 6) is 5.02. The topological polar surface area (TPSA) is 60.2 Å². The summed E-state index contributed by atoms with van der Waals surface area (Å²) in [7, 11) is 1.63. The van der Waals surface area contributed by atoms with Gasteiger partial charge in [-0.15, -0.1) is 0 Å². The Kier molecular flexibility index (Phi) is 5.17. The van der Waals surface area contributed by atoms with Gasteiger partial charge >= 0.3 is 0 Å². The molecule has 1 atom stereocenters. The van der Waals surface area contributed by atoms with E-state index >= 15 is 0 Å². The molecule has 15 heavy (non-hydrogen) atoms. The van der Waals surface area contributed by atoms with E-state index in [9.17, 15) is 4.39 Å². The van der Waals surface area contributed by atoms with Gasteiger partial charge in [-0.3, -0.25) is 16.3 Å². The van der Waals surface area contributed by atoms with Crippen LogP contribution in [0.1, 0.15) is 24.6 Å². The highest BCUT2D eigenvalue weighted by atomic mass is 19.1. The summed E-state index contributed by atoms with van der Waals surface area (Å²) in [4.78, 5) is 3.97. The van der Waals surface area contributed by atoms with E-state index in [1.54, 1.807) is 19.4 Å². The minimum absolute atomic E-state index is 0.263. The number of nitrogens with two attached hydrogens (primary N) is 1. The Balaban J connectivity index is 2.61. The van der Waals surface area contributed by atoms with Crippen molar-refractivity contribution in [2.24, 2.45) is 5.84 Å². The van der Waals surface area contributed by atoms with E-state index < -0.39 is 0 Å². The van der Waals surface area contributed by atoms with E-state index in [0.29, 0.717) is 18.7 Å². The predicted octanol–water partition coefficient (Wildman–Crippen LogP) is 1.15. The molecule has 1 unspecified atom stereocenters. The molecule has 1 aromatic rings. The average molecular weight is 213 g/mol. The molecule has 0 aliphatic rings. The smallest absolute Gasteiger partial charge is 0.146 e. The molecule has 84 valence electrons. The van der Waals surface area contributed by atoms with E-state index in [1.165, 1.54) is 6.07 Å². The summed E-state index contributed by atoms with van der Waals surface area (Å²) >= 11 is 0. The lowest BCUT2D eigenvalue weighted by Crippen LogP contribution is -2.29. The number of nitrogens with one attached hydrogen (secondary N) is 1. The minimum atomic E-state index is -0.335. The molecule has 0 amide bonds. The third-order valence-electron chi connectivity index (χ3n) is 2.16. The summed E-state index contributed by atoms with van der Waals surface area (Å²) in [5, 5.41) is 0. The van der Waals surface area contributed by atoms with E-state index in [-0.39, 0.29) is 11.9 Å². The highest BCUT2D eigenvalue weighted by Crippen LogP contribution is 2.17. The van der Waals surface area contributed by atoms with Crippen molar-refractivity contribution in [3.8, 4) is 0 Å². The van der Waals surface area contributed by atoms with Crippen molar-refractivity contribution in [3.05, 3.63) is 29.8 Å². The quantitative estimate of drug-likeness (QED) is 0.423. The Morgan fingerprint density at radius 3 is 3.07 bits per heavy atom. The van der Waals surface area contributed by atoms with Crippen LogP contribution >= 0.6 is 0 Å². The summed E-state index contributed by atoms with van der Waals surface area (Å²) in [6.45, 7) is 0.632. The van der Waals surface area contributed by atoms with Crippen molar-refractivity contribution >= 4 is 0 Å². The van der Waals surface area contributed by atoms with Crippen LogP contribution in [0.5, 0.6) is 0 Å². The van der Waals surface area contributed by atoms with Gasteiger partial charge in [-0.25, -0.2) is 4.39 Å². The monoisotopic (exact) mass is 213 g/mol. The van der Waals surface area contributed by atoms with Gasteiger partial charge in [-0.05, 0) is 25.0 Å². The van der Waals surface area contributed by atoms with Crippen LogP contribution < -0.4 is 11.3 Å². The van der Waals surface area contributed by atoms with E-state index in [0.717, 1.165) is 6.42 Å². The summed E-state index contributed by atoms with van der Waals surface area (Å²) in [5.41, 5.74) is 2.92. The van der Waals surface area contributed by atoms with Crippen molar-refractivity contribution in [1.29, 1.82) is 0 Å². The Morgan fingerprint density at radius 1 is 1.67 bits per heavy atom. The van der Waals surface area contributed by atoms with Gasteiger partial charge in [0.25, 0.3) is 0 Å². The first-order chi connectivity index (χ1) is 7.29. The second kappa shape index (κ2) is 6.44. The zero-order valence-electron chi connectivity index (χ0n) is 8.74. The van der Waals surface area contributed by atoms with Crippen LogP contribution in [0.25, 0.3) is 0 Å². The maximum atomic E-state index is 13.3. The first-order valence-corrected chi connectivity index (χ1v) is 4.85. The zero-order chi connectivity index (χ0) is 11.1. The molecule has 0 fully saturated rings. The lowest BCUT2D eigenvalue weighted by Gasteiger charge is -2.15.